The molecule has 1 heterocycles. The minimum Gasteiger partial charge on any atom is -0.369 e. The van der Waals surface area contributed by atoms with Crippen molar-refractivity contribution in [2.45, 2.75) is 31.7 Å². The molecule has 0 aliphatic carbocycles. The van der Waals surface area contributed by atoms with Gasteiger partial charge in [0, 0.05) is 28.6 Å². The van der Waals surface area contributed by atoms with E-state index in [1.807, 2.05) is 0 Å². The van der Waals surface area contributed by atoms with Crippen LogP contribution in [0, 0.1) is 0 Å². The molecule has 1 aromatic rings. The Labute approximate surface area is 105 Å². The van der Waals surface area contributed by atoms with Crippen LogP contribution in [0.5, 0.6) is 0 Å². The van der Waals surface area contributed by atoms with Gasteiger partial charge in [-0.15, -0.1) is 11.6 Å². The summed E-state index contributed by atoms with van der Waals surface area (Å²) >= 11 is 9.49. The van der Waals surface area contributed by atoms with E-state index in [0.29, 0.717) is 11.9 Å². The largest absolute Gasteiger partial charge is 0.369 e. The van der Waals surface area contributed by atoms with Crippen molar-refractivity contribution in [3.8, 4) is 0 Å². The van der Waals surface area contributed by atoms with Crippen LogP contribution in [0.1, 0.15) is 25.3 Å². The first-order valence-corrected chi connectivity index (χ1v) is 6.66. The van der Waals surface area contributed by atoms with Crippen LogP contribution in [-0.4, -0.2) is 12.6 Å². The van der Waals surface area contributed by atoms with Crippen molar-refractivity contribution >= 4 is 33.2 Å². The van der Waals surface area contributed by atoms with Gasteiger partial charge in [0.15, 0.2) is 0 Å². The van der Waals surface area contributed by atoms with E-state index in [2.05, 4.69) is 46.0 Å². The van der Waals surface area contributed by atoms with Gasteiger partial charge >= 0.3 is 0 Å². The van der Waals surface area contributed by atoms with E-state index in [-0.39, 0.29) is 0 Å². The number of rotatable bonds is 2. The number of anilines is 1. The molecule has 2 rings (SSSR count). The van der Waals surface area contributed by atoms with Gasteiger partial charge in [-0.3, -0.25) is 0 Å². The molecule has 0 bridgehead atoms. The maximum Gasteiger partial charge on any atom is 0.0494 e. The minimum atomic E-state index is 0.589. The maximum absolute atomic E-state index is 5.97. The van der Waals surface area contributed by atoms with Crippen molar-refractivity contribution in [1.82, 2.24) is 0 Å². The van der Waals surface area contributed by atoms with Gasteiger partial charge in [-0.25, -0.2) is 0 Å². The topological polar surface area (TPSA) is 3.24 Å². The average molecular weight is 289 g/mol. The molecule has 1 saturated heterocycles. The molecule has 1 aromatic carbocycles. The lowest BCUT2D eigenvalue weighted by Gasteiger charge is -2.26. The van der Waals surface area contributed by atoms with Gasteiger partial charge < -0.3 is 4.90 Å². The van der Waals surface area contributed by atoms with Crippen molar-refractivity contribution in [1.29, 1.82) is 0 Å². The molecule has 1 fully saturated rings. The smallest absolute Gasteiger partial charge is 0.0494 e. The van der Waals surface area contributed by atoms with Crippen LogP contribution in [0.25, 0.3) is 0 Å². The van der Waals surface area contributed by atoms with E-state index >= 15 is 0 Å². The molecule has 1 nitrogen and oxygen atoms in total. The zero-order chi connectivity index (χ0) is 10.8. The van der Waals surface area contributed by atoms with Crippen molar-refractivity contribution in [3.05, 3.63) is 28.2 Å². The standard InChI is InChI=1S/C12H15BrClN/c1-9-3-2-6-15(9)12-7-11(13)5-4-10(12)8-14/h4-5,7,9H,2-3,6,8H2,1H3. The van der Waals surface area contributed by atoms with Crippen molar-refractivity contribution in [2.24, 2.45) is 0 Å². The third kappa shape index (κ3) is 2.31. The molecule has 0 spiro atoms. The number of halogens is 2. The lowest BCUT2D eigenvalue weighted by molar-refractivity contribution is 0.733. The molecule has 0 N–H and O–H groups in total. The Kier molecular flexibility index (Phi) is 3.57. The summed E-state index contributed by atoms with van der Waals surface area (Å²) < 4.78 is 1.13. The molecule has 82 valence electrons. The molecule has 1 atom stereocenters. The zero-order valence-electron chi connectivity index (χ0n) is 8.84. The molecule has 0 aromatic heterocycles. The summed E-state index contributed by atoms with van der Waals surface area (Å²) in [5.74, 6) is 0.589. The second-order valence-electron chi connectivity index (χ2n) is 4.09. The van der Waals surface area contributed by atoms with Crippen LogP contribution in [0.15, 0.2) is 22.7 Å². The van der Waals surface area contributed by atoms with Gasteiger partial charge in [-0.2, -0.15) is 0 Å². The molecule has 1 aliphatic heterocycles. The number of hydrogen-bond acceptors (Lipinski definition) is 1. The Morgan fingerprint density at radius 1 is 1.53 bits per heavy atom. The molecule has 0 saturated carbocycles. The molecule has 1 aliphatic rings. The third-order valence-corrected chi connectivity index (χ3v) is 3.83. The highest BCUT2D eigenvalue weighted by Gasteiger charge is 2.22. The van der Waals surface area contributed by atoms with E-state index in [0.717, 1.165) is 11.0 Å². The second-order valence-corrected chi connectivity index (χ2v) is 5.27. The van der Waals surface area contributed by atoms with Crippen LogP contribution in [0.2, 0.25) is 0 Å². The number of hydrogen-bond donors (Lipinski definition) is 0. The Bertz CT molecular complexity index is 353. The van der Waals surface area contributed by atoms with Gasteiger partial charge in [0.2, 0.25) is 0 Å². The minimum absolute atomic E-state index is 0.589. The third-order valence-electron chi connectivity index (χ3n) is 3.05. The maximum atomic E-state index is 5.97. The summed E-state index contributed by atoms with van der Waals surface area (Å²) in [4.78, 5) is 2.46. The Morgan fingerprint density at radius 2 is 2.33 bits per heavy atom. The fraction of sp³-hybridized carbons (Fsp3) is 0.500. The normalized spacial score (nSPS) is 21.0. The molecular weight excluding hydrogens is 273 g/mol. The summed E-state index contributed by atoms with van der Waals surface area (Å²) in [5, 5.41) is 0. The van der Waals surface area contributed by atoms with Crippen LogP contribution in [0.3, 0.4) is 0 Å². The average Bonchev–Trinajstić information content (AvgIpc) is 2.64. The van der Waals surface area contributed by atoms with E-state index in [1.54, 1.807) is 0 Å². The van der Waals surface area contributed by atoms with E-state index < -0.39 is 0 Å². The van der Waals surface area contributed by atoms with Crippen LogP contribution in [-0.2, 0) is 5.88 Å². The van der Waals surface area contributed by atoms with Crippen molar-refractivity contribution in [3.63, 3.8) is 0 Å². The van der Waals surface area contributed by atoms with Gasteiger partial charge in [0.1, 0.15) is 0 Å². The van der Waals surface area contributed by atoms with E-state index in [1.165, 1.54) is 24.1 Å². The summed E-state index contributed by atoms with van der Waals surface area (Å²) in [6.45, 7) is 3.44. The summed E-state index contributed by atoms with van der Waals surface area (Å²) in [6.07, 6.45) is 2.57. The van der Waals surface area contributed by atoms with E-state index in [4.69, 9.17) is 11.6 Å². The lowest BCUT2D eigenvalue weighted by atomic mass is 10.1. The van der Waals surface area contributed by atoms with Crippen molar-refractivity contribution in [2.75, 3.05) is 11.4 Å². The zero-order valence-corrected chi connectivity index (χ0v) is 11.2. The molecule has 0 radical (unpaired) electrons. The first-order valence-electron chi connectivity index (χ1n) is 5.33. The molecule has 1 unspecified atom stereocenters. The number of nitrogens with zero attached hydrogens (tertiary/aromatic N) is 1. The predicted octanol–water partition coefficient (Wildman–Crippen LogP) is 4.18. The Morgan fingerprint density at radius 3 is 2.93 bits per heavy atom. The number of benzene rings is 1. The van der Waals surface area contributed by atoms with Crippen LogP contribution >= 0.6 is 27.5 Å². The molecular formula is C12H15BrClN. The van der Waals surface area contributed by atoms with Crippen LogP contribution < -0.4 is 4.90 Å². The fourth-order valence-electron chi connectivity index (χ4n) is 2.21. The highest BCUT2D eigenvalue weighted by molar-refractivity contribution is 9.10. The van der Waals surface area contributed by atoms with E-state index in [9.17, 15) is 0 Å². The van der Waals surface area contributed by atoms with Crippen LogP contribution in [0.4, 0.5) is 5.69 Å². The monoisotopic (exact) mass is 287 g/mol. The van der Waals surface area contributed by atoms with Gasteiger partial charge in [0.25, 0.3) is 0 Å². The highest BCUT2D eigenvalue weighted by Crippen LogP contribution is 2.31. The van der Waals surface area contributed by atoms with Crippen molar-refractivity contribution < 1.29 is 0 Å². The first-order chi connectivity index (χ1) is 7.22. The second kappa shape index (κ2) is 4.75. The quantitative estimate of drug-likeness (QED) is 0.738. The summed E-state index contributed by atoms with van der Waals surface area (Å²) in [5.41, 5.74) is 2.53. The Hall–Kier alpha value is -0.210. The van der Waals surface area contributed by atoms with Gasteiger partial charge in [-0.05, 0) is 37.5 Å². The molecule has 0 amide bonds. The highest BCUT2D eigenvalue weighted by atomic mass is 79.9. The molecule has 3 heteroatoms. The fourth-order valence-corrected chi connectivity index (χ4v) is 2.78. The number of alkyl halides is 1. The Balaban J connectivity index is 2.36. The predicted molar refractivity (Wildman–Crippen MR) is 69.7 cm³/mol. The summed E-state index contributed by atoms with van der Waals surface area (Å²) in [6, 6.07) is 6.99. The summed E-state index contributed by atoms with van der Waals surface area (Å²) in [7, 11) is 0. The lowest BCUT2D eigenvalue weighted by Crippen LogP contribution is -2.27. The first kappa shape index (κ1) is 11.3. The SMILES string of the molecule is CC1CCCN1c1cc(Br)ccc1CCl. The van der Waals surface area contributed by atoms with Gasteiger partial charge in [-0.1, -0.05) is 22.0 Å². The van der Waals surface area contributed by atoms with Gasteiger partial charge in [0.05, 0.1) is 0 Å². The molecule has 15 heavy (non-hydrogen) atoms.